The van der Waals surface area contributed by atoms with Gasteiger partial charge < -0.3 is 15.5 Å². The molecule has 1 aliphatic heterocycles. The van der Waals surface area contributed by atoms with Gasteiger partial charge in [-0.3, -0.25) is 14.4 Å². The summed E-state index contributed by atoms with van der Waals surface area (Å²) in [6.07, 6.45) is 0. The minimum atomic E-state index is -0.893. The normalized spacial score (nSPS) is 15.4. The third-order valence-corrected chi connectivity index (χ3v) is 5.16. The zero-order valence-corrected chi connectivity index (χ0v) is 16.8. The molecule has 0 saturated heterocycles. The molecule has 1 atom stereocenters. The van der Waals surface area contributed by atoms with Crippen molar-refractivity contribution in [1.82, 2.24) is 10.6 Å². The molecule has 1 heterocycles. The molecule has 1 aliphatic rings. The van der Waals surface area contributed by atoms with Crippen LogP contribution in [-0.4, -0.2) is 24.3 Å². The molecule has 1 unspecified atom stereocenters. The number of rotatable bonds is 4. The number of carbonyl (C=O) groups excluding carboxylic acids is 3. The van der Waals surface area contributed by atoms with E-state index >= 15 is 0 Å². The monoisotopic (exact) mass is 449 g/mol. The fourth-order valence-electron chi connectivity index (χ4n) is 2.97. The summed E-state index contributed by atoms with van der Waals surface area (Å²) in [6.45, 7) is 2.44. The molecule has 6 nitrogen and oxygen atoms in total. The summed E-state index contributed by atoms with van der Waals surface area (Å²) in [5.74, 6) is -1.96. The summed E-state index contributed by atoms with van der Waals surface area (Å²) in [6, 6.07) is 11.5. The zero-order chi connectivity index (χ0) is 19.6. The van der Waals surface area contributed by atoms with Crippen molar-refractivity contribution in [1.29, 1.82) is 0 Å². The van der Waals surface area contributed by atoms with Gasteiger partial charge in [0, 0.05) is 33.8 Å². The second kappa shape index (κ2) is 8.10. The SMILES string of the molecule is CCN1C(=O)C(NC(=O)C(=O)NCc2ccccc2Cl)c2cc(Br)ccc21. The molecule has 2 aromatic carbocycles. The van der Waals surface area contributed by atoms with Crippen molar-refractivity contribution < 1.29 is 14.4 Å². The number of carbonyl (C=O) groups is 3. The molecule has 0 bridgehead atoms. The Bertz CT molecular complexity index is 919. The van der Waals surface area contributed by atoms with Gasteiger partial charge in [-0.15, -0.1) is 0 Å². The minimum Gasteiger partial charge on any atom is -0.344 e. The van der Waals surface area contributed by atoms with Gasteiger partial charge in [0.25, 0.3) is 5.91 Å². The Kier molecular flexibility index (Phi) is 5.82. The molecule has 27 heavy (non-hydrogen) atoms. The molecule has 3 amide bonds. The predicted octanol–water partition coefficient (Wildman–Crippen LogP) is 2.94. The zero-order valence-electron chi connectivity index (χ0n) is 14.5. The lowest BCUT2D eigenvalue weighted by Gasteiger charge is -2.15. The van der Waals surface area contributed by atoms with Crippen LogP contribution in [0.3, 0.4) is 0 Å². The number of nitrogens with zero attached hydrogens (tertiary/aromatic N) is 1. The van der Waals surface area contributed by atoms with Gasteiger partial charge in [-0.1, -0.05) is 45.7 Å². The fourth-order valence-corrected chi connectivity index (χ4v) is 3.55. The topological polar surface area (TPSA) is 78.5 Å². The summed E-state index contributed by atoms with van der Waals surface area (Å²) in [5.41, 5.74) is 2.08. The molecule has 0 radical (unpaired) electrons. The van der Waals surface area contributed by atoms with E-state index in [-0.39, 0.29) is 12.5 Å². The molecule has 2 N–H and O–H groups in total. The Morgan fingerprint density at radius 1 is 1.19 bits per heavy atom. The average molecular weight is 451 g/mol. The minimum absolute atomic E-state index is 0.119. The summed E-state index contributed by atoms with van der Waals surface area (Å²) in [4.78, 5) is 38.7. The van der Waals surface area contributed by atoms with Gasteiger partial charge >= 0.3 is 11.8 Å². The van der Waals surface area contributed by atoms with Gasteiger partial charge in [-0.05, 0) is 36.8 Å². The highest BCUT2D eigenvalue weighted by atomic mass is 79.9. The smallest absolute Gasteiger partial charge is 0.310 e. The molecule has 0 fully saturated rings. The van der Waals surface area contributed by atoms with Gasteiger partial charge in [0.1, 0.15) is 6.04 Å². The third-order valence-electron chi connectivity index (χ3n) is 4.30. The second-order valence-electron chi connectivity index (χ2n) is 5.97. The van der Waals surface area contributed by atoms with Crippen LogP contribution in [0, 0.1) is 0 Å². The summed E-state index contributed by atoms with van der Waals surface area (Å²) in [5, 5.41) is 5.55. The molecule has 0 spiro atoms. The lowest BCUT2D eigenvalue weighted by atomic mass is 10.1. The molecular weight excluding hydrogens is 434 g/mol. The second-order valence-corrected chi connectivity index (χ2v) is 7.29. The highest BCUT2D eigenvalue weighted by molar-refractivity contribution is 9.10. The van der Waals surface area contributed by atoms with Crippen molar-refractivity contribution in [2.45, 2.75) is 19.5 Å². The number of halogens is 2. The molecule has 140 valence electrons. The van der Waals surface area contributed by atoms with Crippen LogP contribution in [-0.2, 0) is 20.9 Å². The maximum Gasteiger partial charge on any atom is 0.310 e. The maximum atomic E-state index is 12.6. The summed E-state index contributed by atoms with van der Waals surface area (Å²) < 4.78 is 0.787. The lowest BCUT2D eigenvalue weighted by Crippen LogP contribution is -2.44. The van der Waals surface area contributed by atoms with Crippen LogP contribution < -0.4 is 15.5 Å². The Morgan fingerprint density at radius 3 is 2.63 bits per heavy atom. The largest absolute Gasteiger partial charge is 0.344 e. The van der Waals surface area contributed by atoms with Gasteiger partial charge in [0.15, 0.2) is 0 Å². The van der Waals surface area contributed by atoms with E-state index in [9.17, 15) is 14.4 Å². The molecular formula is C19H17BrClN3O3. The highest BCUT2D eigenvalue weighted by Gasteiger charge is 2.38. The third kappa shape index (κ3) is 3.99. The van der Waals surface area contributed by atoms with Gasteiger partial charge in [0.2, 0.25) is 0 Å². The van der Waals surface area contributed by atoms with Crippen molar-refractivity contribution in [2.75, 3.05) is 11.4 Å². The number of hydrogen-bond donors (Lipinski definition) is 2. The first kappa shape index (κ1) is 19.4. The lowest BCUT2D eigenvalue weighted by molar-refractivity contribution is -0.140. The van der Waals surface area contributed by atoms with Crippen LogP contribution >= 0.6 is 27.5 Å². The Morgan fingerprint density at radius 2 is 1.93 bits per heavy atom. The van der Waals surface area contributed by atoms with Gasteiger partial charge in [-0.25, -0.2) is 0 Å². The van der Waals surface area contributed by atoms with Crippen LogP contribution in [0.5, 0.6) is 0 Å². The molecule has 2 aromatic rings. The number of fused-ring (bicyclic) bond motifs is 1. The van der Waals surface area contributed by atoms with Crippen LogP contribution in [0.4, 0.5) is 5.69 Å². The molecule has 0 aromatic heterocycles. The average Bonchev–Trinajstić information content (AvgIpc) is 2.91. The number of amides is 3. The molecule has 0 aliphatic carbocycles. The van der Waals surface area contributed by atoms with Crippen molar-refractivity contribution in [3.8, 4) is 0 Å². The van der Waals surface area contributed by atoms with E-state index in [1.807, 2.05) is 19.1 Å². The standard InChI is InChI=1S/C19H17BrClN3O3/c1-2-24-15-8-7-12(20)9-13(15)16(19(24)27)23-18(26)17(25)22-10-11-5-3-4-6-14(11)21/h3-9,16H,2,10H2,1H3,(H,22,25)(H,23,26). The van der Waals surface area contributed by atoms with E-state index in [4.69, 9.17) is 11.6 Å². The van der Waals surface area contributed by atoms with Crippen molar-refractivity contribution in [3.05, 3.63) is 63.1 Å². The number of hydrogen-bond acceptors (Lipinski definition) is 3. The molecule has 3 rings (SSSR count). The maximum absolute atomic E-state index is 12.6. The van der Waals surface area contributed by atoms with E-state index < -0.39 is 17.9 Å². The van der Waals surface area contributed by atoms with E-state index in [0.29, 0.717) is 22.7 Å². The Balaban J connectivity index is 1.70. The fraction of sp³-hybridized carbons (Fsp3) is 0.211. The van der Waals surface area contributed by atoms with Gasteiger partial charge in [-0.2, -0.15) is 0 Å². The van der Waals surface area contributed by atoms with E-state index in [1.165, 1.54) is 0 Å². The first-order valence-electron chi connectivity index (χ1n) is 8.35. The Labute approximate surface area is 170 Å². The van der Waals surface area contributed by atoms with E-state index in [0.717, 1.165) is 10.2 Å². The number of likely N-dealkylation sites (N-methyl/N-ethyl adjacent to an activating group) is 1. The number of benzene rings is 2. The van der Waals surface area contributed by atoms with Gasteiger partial charge in [0.05, 0.1) is 0 Å². The van der Waals surface area contributed by atoms with Crippen LogP contribution in [0.25, 0.3) is 0 Å². The molecule has 8 heteroatoms. The van der Waals surface area contributed by atoms with E-state index in [2.05, 4.69) is 26.6 Å². The van der Waals surface area contributed by atoms with E-state index in [1.54, 1.807) is 35.2 Å². The Hall–Kier alpha value is -2.38. The van der Waals surface area contributed by atoms with Crippen LogP contribution in [0.15, 0.2) is 46.9 Å². The number of nitrogens with one attached hydrogen (secondary N) is 2. The first-order chi connectivity index (χ1) is 12.9. The highest BCUT2D eigenvalue weighted by Crippen LogP contribution is 2.37. The van der Waals surface area contributed by atoms with Crippen molar-refractivity contribution in [3.63, 3.8) is 0 Å². The van der Waals surface area contributed by atoms with Crippen molar-refractivity contribution in [2.24, 2.45) is 0 Å². The van der Waals surface area contributed by atoms with Crippen LogP contribution in [0.2, 0.25) is 5.02 Å². The number of anilines is 1. The van der Waals surface area contributed by atoms with Crippen molar-refractivity contribution >= 4 is 50.9 Å². The quantitative estimate of drug-likeness (QED) is 0.703. The summed E-state index contributed by atoms with van der Waals surface area (Å²) in [7, 11) is 0. The molecule has 0 saturated carbocycles. The summed E-state index contributed by atoms with van der Waals surface area (Å²) >= 11 is 9.41. The first-order valence-corrected chi connectivity index (χ1v) is 9.52. The predicted molar refractivity (Wildman–Crippen MR) is 106 cm³/mol. The van der Waals surface area contributed by atoms with Crippen LogP contribution in [0.1, 0.15) is 24.1 Å².